The number of anilines is 1. The average molecular weight is 287 g/mol. The summed E-state index contributed by atoms with van der Waals surface area (Å²) in [6.07, 6.45) is 1.54. The second kappa shape index (κ2) is 6.60. The fourth-order valence-corrected chi connectivity index (χ4v) is 1.87. The lowest BCUT2D eigenvalue weighted by Crippen LogP contribution is -2.13. The number of hydrogen-bond donors (Lipinski definition) is 2. The third-order valence-corrected chi connectivity index (χ3v) is 2.99. The Labute approximate surface area is 122 Å². The molecule has 3 N–H and O–H groups in total. The molecule has 2 rings (SSSR count). The Bertz CT molecular complexity index is 644. The molecule has 0 aliphatic heterocycles. The molecule has 0 saturated heterocycles. The molecule has 0 fully saturated rings. The van der Waals surface area contributed by atoms with Crippen LogP contribution in [0.1, 0.15) is 16.1 Å². The minimum atomic E-state index is -0.555. The molecule has 21 heavy (non-hydrogen) atoms. The molecule has 0 bridgehead atoms. The number of rotatable bonds is 6. The van der Waals surface area contributed by atoms with E-state index in [1.807, 2.05) is 18.2 Å². The standard InChI is InChI=1S/C15H17N3O3/c1-20-12-4-3-10(14(8-12)21-2)9-18-11-5-6-17-13(7-11)15(16)19/h3-8H,9H2,1-2H3,(H2,16,19)(H,17,18). The molecule has 1 amide bonds. The Morgan fingerprint density at radius 1 is 1.24 bits per heavy atom. The van der Waals surface area contributed by atoms with E-state index in [0.717, 1.165) is 22.7 Å². The van der Waals surface area contributed by atoms with Gasteiger partial charge in [0.2, 0.25) is 0 Å². The third kappa shape index (κ3) is 3.62. The second-order valence-electron chi connectivity index (χ2n) is 4.33. The zero-order chi connectivity index (χ0) is 15.2. The number of carbonyl (C=O) groups is 1. The summed E-state index contributed by atoms with van der Waals surface area (Å²) < 4.78 is 10.5. The van der Waals surface area contributed by atoms with Gasteiger partial charge >= 0.3 is 0 Å². The molecule has 0 aliphatic carbocycles. The second-order valence-corrected chi connectivity index (χ2v) is 4.33. The van der Waals surface area contributed by atoms with Gasteiger partial charge in [0.25, 0.3) is 5.91 Å². The number of carbonyl (C=O) groups excluding carboxylic acids is 1. The Hall–Kier alpha value is -2.76. The van der Waals surface area contributed by atoms with Crippen LogP contribution in [0.4, 0.5) is 5.69 Å². The van der Waals surface area contributed by atoms with Crippen LogP contribution in [0.5, 0.6) is 11.5 Å². The Kier molecular flexibility index (Phi) is 4.61. The molecule has 6 heteroatoms. The van der Waals surface area contributed by atoms with Gasteiger partial charge in [-0.25, -0.2) is 0 Å². The highest BCUT2D eigenvalue weighted by molar-refractivity contribution is 5.91. The summed E-state index contributed by atoms with van der Waals surface area (Å²) in [5.41, 5.74) is 7.16. The van der Waals surface area contributed by atoms with E-state index >= 15 is 0 Å². The maximum Gasteiger partial charge on any atom is 0.267 e. The van der Waals surface area contributed by atoms with Gasteiger partial charge in [-0.3, -0.25) is 9.78 Å². The van der Waals surface area contributed by atoms with Crippen molar-refractivity contribution in [2.75, 3.05) is 19.5 Å². The molecule has 2 aromatic rings. The summed E-state index contributed by atoms with van der Waals surface area (Å²) in [6.45, 7) is 0.537. The molecular weight excluding hydrogens is 270 g/mol. The fourth-order valence-electron chi connectivity index (χ4n) is 1.87. The van der Waals surface area contributed by atoms with Gasteiger partial charge in [-0.1, -0.05) is 0 Å². The van der Waals surface area contributed by atoms with Crippen molar-refractivity contribution in [1.29, 1.82) is 0 Å². The van der Waals surface area contributed by atoms with E-state index in [-0.39, 0.29) is 5.69 Å². The van der Waals surface area contributed by atoms with Gasteiger partial charge in [0, 0.05) is 30.1 Å². The lowest BCUT2D eigenvalue weighted by Gasteiger charge is -2.12. The van der Waals surface area contributed by atoms with Crippen molar-refractivity contribution >= 4 is 11.6 Å². The van der Waals surface area contributed by atoms with Gasteiger partial charge in [0.05, 0.1) is 14.2 Å². The van der Waals surface area contributed by atoms with Crippen molar-refractivity contribution in [1.82, 2.24) is 4.98 Å². The van der Waals surface area contributed by atoms with Crippen LogP contribution < -0.4 is 20.5 Å². The predicted octanol–water partition coefficient (Wildman–Crippen LogP) is 1.81. The topological polar surface area (TPSA) is 86.5 Å². The van der Waals surface area contributed by atoms with Crippen molar-refractivity contribution in [3.05, 3.63) is 47.8 Å². The number of benzene rings is 1. The van der Waals surface area contributed by atoms with Crippen LogP contribution in [0.3, 0.4) is 0 Å². The van der Waals surface area contributed by atoms with Crippen molar-refractivity contribution in [2.45, 2.75) is 6.54 Å². The molecule has 1 aromatic heterocycles. The van der Waals surface area contributed by atoms with Crippen molar-refractivity contribution in [3.63, 3.8) is 0 Å². The maximum atomic E-state index is 11.1. The summed E-state index contributed by atoms with van der Waals surface area (Å²) in [4.78, 5) is 15.0. The van der Waals surface area contributed by atoms with Crippen molar-refractivity contribution in [2.24, 2.45) is 5.73 Å². The minimum Gasteiger partial charge on any atom is -0.497 e. The minimum absolute atomic E-state index is 0.224. The Balaban J connectivity index is 2.12. The smallest absolute Gasteiger partial charge is 0.267 e. The van der Waals surface area contributed by atoms with Crippen LogP contribution in [0.2, 0.25) is 0 Å². The zero-order valence-corrected chi connectivity index (χ0v) is 11.9. The van der Waals surface area contributed by atoms with Crippen LogP contribution >= 0.6 is 0 Å². The number of amides is 1. The van der Waals surface area contributed by atoms with Gasteiger partial charge in [-0.15, -0.1) is 0 Å². The molecule has 0 saturated carbocycles. The summed E-state index contributed by atoms with van der Waals surface area (Å²) in [5.74, 6) is 0.905. The molecule has 1 heterocycles. The van der Waals surface area contributed by atoms with E-state index in [1.165, 1.54) is 6.20 Å². The quantitative estimate of drug-likeness (QED) is 0.846. The highest BCUT2D eigenvalue weighted by Gasteiger charge is 2.06. The molecular formula is C15H17N3O3. The highest BCUT2D eigenvalue weighted by atomic mass is 16.5. The van der Waals surface area contributed by atoms with E-state index in [0.29, 0.717) is 6.54 Å². The van der Waals surface area contributed by atoms with E-state index in [4.69, 9.17) is 15.2 Å². The summed E-state index contributed by atoms with van der Waals surface area (Å²) in [6, 6.07) is 8.97. The summed E-state index contributed by atoms with van der Waals surface area (Å²) in [7, 11) is 3.21. The number of ether oxygens (including phenoxy) is 2. The summed E-state index contributed by atoms with van der Waals surface area (Å²) in [5, 5.41) is 3.20. The third-order valence-electron chi connectivity index (χ3n) is 2.99. The van der Waals surface area contributed by atoms with Gasteiger partial charge in [0.1, 0.15) is 17.2 Å². The Morgan fingerprint density at radius 2 is 2.05 bits per heavy atom. The zero-order valence-electron chi connectivity index (χ0n) is 11.9. The highest BCUT2D eigenvalue weighted by Crippen LogP contribution is 2.25. The number of hydrogen-bond acceptors (Lipinski definition) is 5. The molecule has 6 nitrogen and oxygen atoms in total. The number of nitrogens with zero attached hydrogens (tertiary/aromatic N) is 1. The molecule has 1 aromatic carbocycles. The SMILES string of the molecule is COc1ccc(CNc2ccnc(C(N)=O)c2)c(OC)c1. The van der Waals surface area contributed by atoms with E-state index < -0.39 is 5.91 Å². The molecule has 0 spiro atoms. The fraction of sp³-hybridized carbons (Fsp3) is 0.200. The van der Waals surface area contributed by atoms with Crippen LogP contribution in [0, 0.1) is 0 Å². The van der Waals surface area contributed by atoms with Gasteiger partial charge < -0.3 is 20.5 Å². The number of nitrogens with one attached hydrogen (secondary N) is 1. The number of aromatic nitrogens is 1. The molecule has 110 valence electrons. The first kappa shape index (κ1) is 14.6. The molecule has 0 atom stereocenters. The van der Waals surface area contributed by atoms with Crippen LogP contribution in [0.25, 0.3) is 0 Å². The number of pyridine rings is 1. The lowest BCUT2D eigenvalue weighted by atomic mass is 10.2. The first-order valence-electron chi connectivity index (χ1n) is 6.34. The predicted molar refractivity (Wildman–Crippen MR) is 79.6 cm³/mol. The van der Waals surface area contributed by atoms with Crippen molar-refractivity contribution in [3.8, 4) is 11.5 Å². The first-order chi connectivity index (χ1) is 10.1. The van der Waals surface area contributed by atoms with Gasteiger partial charge in [-0.2, -0.15) is 0 Å². The van der Waals surface area contributed by atoms with Crippen LogP contribution in [-0.2, 0) is 6.54 Å². The maximum absolute atomic E-state index is 11.1. The molecule has 0 unspecified atom stereocenters. The number of primary amides is 1. The number of methoxy groups -OCH3 is 2. The largest absolute Gasteiger partial charge is 0.497 e. The van der Waals surface area contributed by atoms with E-state index in [1.54, 1.807) is 26.4 Å². The summed E-state index contributed by atoms with van der Waals surface area (Å²) >= 11 is 0. The van der Waals surface area contributed by atoms with E-state index in [2.05, 4.69) is 10.3 Å². The van der Waals surface area contributed by atoms with Gasteiger partial charge in [0.15, 0.2) is 0 Å². The first-order valence-corrected chi connectivity index (χ1v) is 6.34. The Morgan fingerprint density at radius 3 is 2.71 bits per heavy atom. The van der Waals surface area contributed by atoms with Crippen molar-refractivity contribution < 1.29 is 14.3 Å². The molecule has 0 radical (unpaired) electrons. The van der Waals surface area contributed by atoms with Crippen LogP contribution in [0.15, 0.2) is 36.5 Å². The number of nitrogens with two attached hydrogens (primary N) is 1. The lowest BCUT2D eigenvalue weighted by molar-refractivity contribution is 0.0995. The van der Waals surface area contributed by atoms with E-state index in [9.17, 15) is 4.79 Å². The normalized spacial score (nSPS) is 10.0. The molecule has 0 aliphatic rings. The van der Waals surface area contributed by atoms with Gasteiger partial charge in [-0.05, 0) is 24.3 Å². The average Bonchev–Trinajstić information content (AvgIpc) is 2.53. The van der Waals surface area contributed by atoms with Crippen LogP contribution in [-0.4, -0.2) is 25.1 Å². The monoisotopic (exact) mass is 287 g/mol.